The molecule has 1 aromatic heterocycles. The summed E-state index contributed by atoms with van der Waals surface area (Å²) in [5.74, 6) is 1.34. The average Bonchev–Trinajstić information content (AvgIpc) is 2.96. The molecule has 106 valence electrons. The molecule has 0 saturated carbocycles. The topological polar surface area (TPSA) is 92.6 Å². The van der Waals surface area contributed by atoms with Crippen LogP contribution in [-0.4, -0.2) is 14.8 Å². The number of hydrogen-bond acceptors (Lipinski definition) is 5. The number of fused-ring (bicyclic) bond motifs is 1. The summed E-state index contributed by atoms with van der Waals surface area (Å²) in [6, 6.07) is 10.1. The van der Waals surface area contributed by atoms with E-state index in [1.807, 2.05) is 12.1 Å². The number of hydrogen-bond donors (Lipinski definition) is 2. The van der Waals surface area contributed by atoms with Gasteiger partial charge in [-0.05, 0) is 17.0 Å². The van der Waals surface area contributed by atoms with Gasteiger partial charge in [0.15, 0.2) is 0 Å². The standard InChI is InChI=1S/C15H16N6/c1-9(2)10-3-5-11(6-4-10)13-12(7-16)14(17)21-15(20-13)18-8-19-21/h3-6,8-9,13H,17H2,1-2H3,(H,18,19,20)/t13-/m1/s1. The van der Waals surface area contributed by atoms with Gasteiger partial charge in [-0.1, -0.05) is 38.1 Å². The van der Waals surface area contributed by atoms with Crippen molar-refractivity contribution in [3.8, 4) is 6.07 Å². The van der Waals surface area contributed by atoms with Crippen LogP contribution in [0.15, 0.2) is 36.2 Å². The third-order valence-electron chi connectivity index (χ3n) is 3.67. The zero-order valence-electron chi connectivity index (χ0n) is 11.9. The highest BCUT2D eigenvalue weighted by atomic mass is 15.4. The molecule has 0 fully saturated rings. The van der Waals surface area contributed by atoms with Gasteiger partial charge < -0.3 is 11.1 Å². The van der Waals surface area contributed by atoms with Crippen molar-refractivity contribution in [1.29, 1.82) is 5.26 Å². The van der Waals surface area contributed by atoms with E-state index in [-0.39, 0.29) is 6.04 Å². The molecule has 3 rings (SSSR count). The minimum atomic E-state index is -0.298. The molecule has 0 aliphatic carbocycles. The van der Waals surface area contributed by atoms with E-state index >= 15 is 0 Å². The minimum Gasteiger partial charge on any atom is -0.383 e. The smallest absolute Gasteiger partial charge is 0.228 e. The second-order valence-electron chi connectivity index (χ2n) is 5.30. The predicted octanol–water partition coefficient (Wildman–Crippen LogP) is 2.22. The van der Waals surface area contributed by atoms with Gasteiger partial charge in [-0.2, -0.15) is 20.0 Å². The molecule has 0 amide bonds. The maximum Gasteiger partial charge on any atom is 0.228 e. The summed E-state index contributed by atoms with van der Waals surface area (Å²) in [5, 5.41) is 16.6. The van der Waals surface area contributed by atoms with E-state index in [2.05, 4.69) is 47.4 Å². The molecule has 0 bridgehead atoms. The molecular formula is C15H16N6. The maximum atomic E-state index is 9.41. The van der Waals surface area contributed by atoms with Crippen molar-refractivity contribution in [2.45, 2.75) is 25.8 Å². The summed E-state index contributed by atoms with van der Waals surface area (Å²) < 4.78 is 1.44. The van der Waals surface area contributed by atoms with Crippen molar-refractivity contribution in [3.63, 3.8) is 0 Å². The number of benzene rings is 1. The van der Waals surface area contributed by atoms with E-state index in [1.165, 1.54) is 16.6 Å². The van der Waals surface area contributed by atoms with Crippen LogP contribution < -0.4 is 11.1 Å². The number of nitrogens with zero attached hydrogens (tertiary/aromatic N) is 4. The van der Waals surface area contributed by atoms with Crippen molar-refractivity contribution in [2.75, 3.05) is 5.32 Å². The second kappa shape index (κ2) is 4.94. The third-order valence-corrected chi connectivity index (χ3v) is 3.67. The van der Waals surface area contributed by atoms with E-state index in [0.29, 0.717) is 23.3 Å². The van der Waals surface area contributed by atoms with E-state index in [0.717, 1.165) is 5.56 Å². The highest BCUT2D eigenvalue weighted by Crippen LogP contribution is 2.32. The summed E-state index contributed by atoms with van der Waals surface area (Å²) in [5.41, 5.74) is 8.72. The van der Waals surface area contributed by atoms with Crippen LogP contribution in [0, 0.1) is 11.3 Å². The van der Waals surface area contributed by atoms with Crippen molar-refractivity contribution < 1.29 is 0 Å². The molecule has 6 nitrogen and oxygen atoms in total. The Morgan fingerprint density at radius 2 is 2.05 bits per heavy atom. The molecule has 3 N–H and O–H groups in total. The number of nitrogens with two attached hydrogens (primary N) is 1. The van der Waals surface area contributed by atoms with Crippen LogP contribution in [-0.2, 0) is 0 Å². The molecule has 1 aromatic carbocycles. The van der Waals surface area contributed by atoms with Gasteiger partial charge in [-0.15, -0.1) is 0 Å². The molecule has 1 aliphatic heterocycles. The highest BCUT2D eigenvalue weighted by molar-refractivity contribution is 5.65. The molecule has 0 spiro atoms. The first kappa shape index (κ1) is 13.2. The van der Waals surface area contributed by atoms with Crippen LogP contribution in [0.4, 0.5) is 5.95 Å². The summed E-state index contributed by atoms with van der Waals surface area (Å²) in [6.07, 6.45) is 1.41. The molecule has 0 unspecified atom stereocenters. The third kappa shape index (κ3) is 2.13. The molecule has 21 heavy (non-hydrogen) atoms. The van der Waals surface area contributed by atoms with Gasteiger partial charge in [0.2, 0.25) is 5.95 Å². The van der Waals surface area contributed by atoms with Gasteiger partial charge in [-0.25, -0.2) is 0 Å². The van der Waals surface area contributed by atoms with Gasteiger partial charge in [0.05, 0.1) is 11.6 Å². The zero-order chi connectivity index (χ0) is 15.0. The summed E-state index contributed by atoms with van der Waals surface area (Å²) >= 11 is 0. The molecule has 1 aliphatic rings. The molecule has 2 aromatic rings. The largest absolute Gasteiger partial charge is 0.383 e. The van der Waals surface area contributed by atoms with Crippen LogP contribution in [0.2, 0.25) is 0 Å². The molecule has 0 saturated heterocycles. The summed E-state index contributed by atoms with van der Waals surface area (Å²) in [7, 11) is 0. The Bertz CT molecular complexity index is 732. The Labute approximate surface area is 122 Å². The monoisotopic (exact) mass is 280 g/mol. The molecule has 0 radical (unpaired) electrons. The Morgan fingerprint density at radius 3 is 2.67 bits per heavy atom. The van der Waals surface area contributed by atoms with Crippen molar-refractivity contribution in [3.05, 3.63) is 47.3 Å². The number of anilines is 1. The Morgan fingerprint density at radius 1 is 1.33 bits per heavy atom. The summed E-state index contributed by atoms with van der Waals surface area (Å²) in [4.78, 5) is 4.11. The first-order chi connectivity index (χ1) is 10.1. The van der Waals surface area contributed by atoms with E-state index < -0.39 is 0 Å². The lowest BCUT2D eigenvalue weighted by atomic mass is 9.95. The first-order valence-corrected chi connectivity index (χ1v) is 6.78. The SMILES string of the molecule is CC(C)c1ccc([C@H]2Nc3ncnn3C(N)=C2C#N)cc1. The van der Waals surface area contributed by atoms with E-state index in [1.54, 1.807) is 0 Å². The normalized spacial score (nSPS) is 17.3. The second-order valence-corrected chi connectivity index (χ2v) is 5.30. The fourth-order valence-electron chi connectivity index (χ4n) is 2.42. The lowest BCUT2D eigenvalue weighted by Crippen LogP contribution is -2.27. The van der Waals surface area contributed by atoms with E-state index in [4.69, 9.17) is 5.73 Å². The highest BCUT2D eigenvalue weighted by Gasteiger charge is 2.28. The number of nitriles is 1. The number of rotatable bonds is 2. The zero-order valence-corrected chi connectivity index (χ0v) is 11.9. The van der Waals surface area contributed by atoms with Crippen molar-refractivity contribution >= 4 is 11.8 Å². The fourth-order valence-corrected chi connectivity index (χ4v) is 2.42. The minimum absolute atomic E-state index is 0.298. The van der Waals surface area contributed by atoms with Crippen LogP contribution in [0.5, 0.6) is 0 Å². The Balaban J connectivity index is 2.03. The molecule has 6 heteroatoms. The Kier molecular flexibility index (Phi) is 3.10. The lowest BCUT2D eigenvalue weighted by molar-refractivity contribution is 0.792. The van der Waals surface area contributed by atoms with Crippen LogP contribution in [0.3, 0.4) is 0 Å². The number of nitrogens with one attached hydrogen (secondary N) is 1. The summed E-state index contributed by atoms with van der Waals surface area (Å²) in [6.45, 7) is 4.30. The van der Waals surface area contributed by atoms with E-state index in [9.17, 15) is 5.26 Å². The van der Waals surface area contributed by atoms with Gasteiger partial charge >= 0.3 is 0 Å². The average molecular weight is 280 g/mol. The first-order valence-electron chi connectivity index (χ1n) is 6.78. The maximum absolute atomic E-state index is 9.41. The van der Waals surface area contributed by atoms with Crippen molar-refractivity contribution in [1.82, 2.24) is 14.8 Å². The molecule has 1 atom stereocenters. The lowest BCUT2D eigenvalue weighted by Gasteiger charge is -2.25. The predicted molar refractivity (Wildman–Crippen MR) is 79.9 cm³/mol. The van der Waals surface area contributed by atoms with Gasteiger partial charge in [0.25, 0.3) is 0 Å². The number of aromatic nitrogens is 3. The van der Waals surface area contributed by atoms with Gasteiger partial charge in [-0.3, -0.25) is 0 Å². The Hall–Kier alpha value is -2.81. The fraction of sp³-hybridized carbons (Fsp3) is 0.267. The van der Waals surface area contributed by atoms with Crippen molar-refractivity contribution in [2.24, 2.45) is 5.73 Å². The quantitative estimate of drug-likeness (QED) is 0.879. The van der Waals surface area contributed by atoms with Gasteiger partial charge in [0.1, 0.15) is 18.2 Å². The van der Waals surface area contributed by atoms with Crippen LogP contribution >= 0.6 is 0 Å². The van der Waals surface area contributed by atoms with Gasteiger partial charge in [0, 0.05) is 0 Å². The van der Waals surface area contributed by atoms with Crippen LogP contribution in [0.25, 0.3) is 5.82 Å². The van der Waals surface area contributed by atoms with Crippen LogP contribution in [0.1, 0.15) is 36.9 Å². The molecular weight excluding hydrogens is 264 g/mol. The molecule has 2 heterocycles.